The van der Waals surface area contributed by atoms with Crippen LogP contribution in [0, 0.1) is 0 Å². The molecular weight excluding hydrogens is 332 g/mol. The Bertz CT molecular complexity index is 826. The fourth-order valence-electron chi connectivity index (χ4n) is 2.54. The first-order valence-electron chi connectivity index (χ1n) is 8.44. The van der Waals surface area contributed by atoms with Gasteiger partial charge in [-0.1, -0.05) is 24.3 Å². The summed E-state index contributed by atoms with van der Waals surface area (Å²) in [6.07, 6.45) is 2.14. The molecule has 1 saturated carbocycles. The molecule has 1 aliphatic carbocycles. The number of carbonyl (C=O) groups is 3. The molecular formula is C20H20N2O4. The highest BCUT2D eigenvalue weighted by Crippen LogP contribution is 2.21. The van der Waals surface area contributed by atoms with Crippen molar-refractivity contribution in [2.45, 2.75) is 25.3 Å². The highest BCUT2D eigenvalue weighted by molar-refractivity contribution is 6.04. The summed E-state index contributed by atoms with van der Waals surface area (Å²) in [6, 6.07) is 13.8. The molecule has 3 rings (SSSR count). The van der Waals surface area contributed by atoms with Gasteiger partial charge in [0.25, 0.3) is 5.91 Å². The van der Waals surface area contributed by atoms with Gasteiger partial charge in [-0.2, -0.15) is 0 Å². The molecule has 2 amide bonds. The Morgan fingerprint density at radius 2 is 1.73 bits per heavy atom. The van der Waals surface area contributed by atoms with Crippen molar-refractivity contribution in [1.29, 1.82) is 0 Å². The average Bonchev–Trinajstić information content (AvgIpc) is 3.46. The maximum absolute atomic E-state index is 12.3. The molecule has 0 aliphatic heterocycles. The number of para-hydroxylation sites is 1. The van der Waals surface area contributed by atoms with Crippen LogP contribution in [0.5, 0.6) is 0 Å². The maximum atomic E-state index is 12.3. The van der Waals surface area contributed by atoms with Gasteiger partial charge in [-0.25, -0.2) is 4.79 Å². The van der Waals surface area contributed by atoms with Crippen LogP contribution in [0.2, 0.25) is 0 Å². The van der Waals surface area contributed by atoms with Crippen molar-refractivity contribution < 1.29 is 19.1 Å². The lowest BCUT2D eigenvalue weighted by molar-refractivity contribution is -0.115. The van der Waals surface area contributed by atoms with Crippen LogP contribution in [-0.4, -0.2) is 30.9 Å². The number of amides is 2. The summed E-state index contributed by atoms with van der Waals surface area (Å²) < 4.78 is 4.65. The zero-order valence-corrected chi connectivity index (χ0v) is 14.5. The molecule has 6 heteroatoms. The van der Waals surface area contributed by atoms with Crippen LogP contribution >= 0.6 is 0 Å². The van der Waals surface area contributed by atoms with E-state index in [0.717, 1.165) is 18.4 Å². The van der Waals surface area contributed by atoms with E-state index in [-0.39, 0.29) is 24.3 Å². The molecule has 2 aromatic carbocycles. The zero-order valence-electron chi connectivity index (χ0n) is 14.5. The number of methoxy groups -OCH3 is 1. The van der Waals surface area contributed by atoms with Gasteiger partial charge in [-0.15, -0.1) is 0 Å². The van der Waals surface area contributed by atoms with Gasteiger partial charge in [-0.05, 0) is 42.7 Å². The van der Waals surface area contributed by atoms with E-state index in [1.807, 2.05) is 0 Å². The molecule has 0 spiro atoms. The number of benzene rings is 2. The van der Waals surface area contributed by atoms with Gasteiger partial charge in [0.2, 0.25) is 5.91 Å². The van der Waals surface area contributed by atoms with Crippen molar-refractivity contribution in [1.82, 2.24) is 5.32 Å². The number of esters is 1. The van der Waals surface area contributed by atoms with Crippen molar-refractivity contribution in [2.24, 2.45) is 0 Å². The van der Waals surface area contributed by atoms with Crippen molar-refractivity contribution in [3.8, 4) is 0 Å². The van der Waals surface area contributed by atoms with Gasteiger partial charge in [0.15, 0.2) is 0 Å². The Labute approximate surface area is 151 Å². The lowest BCUT2D eigenvalue weighted by atomic mass is 10.1. The van der Waals surface area contributed by atoms with E-state index in [1.165, 1.54) is 7.11 Å². The smallest absolute Gasteiger partial charge is 0.337 e. The molecule has 134 valence electrons. The molecule has 26 heavy (non-hydrogen) atoms. The topological polar surface area (TPSA) is 84.5 Å². The van der Waals surface area contributed by atoms with Gasteiger partial charge < -0.3 is 15.4 Å². The third kappa shape index (κ3) is 4.47. The van der Waals surface area contributed by atoms with Crippen LogP contribution in [0.25, 0.3) is 0 Å². The number of nitrogens with one attached hydrogen (secondary N) is 2. The Morgan fingerprint density at radius 1 is 1.04 bits per heavy atom. The fourth-order valence-corrected chi connectivity index (χ4v) is 2.54. The summed E-state index contributed by atoms with van der Waals surface area (Å²) in [5.41, 5.74) is 2.13. The van der Waals surface area contributed by atoms with Crippen LogP contribution in [0.4, 0.5) is 5.69 Å². The molecule has 2 N–H and O–H groups in total. The molecule has 6 nitrogen and oxygen atoms in total. The fraction of sp³-hybridized carbons (Fsp3) is 0.250. The van der Waals surface area contributed by atoms with Gasteiger partial charge in [0.05, 0.1) is 30.3 Å². The number of anilines is 1. The van der Waals surface area contributed by atoms with Crippen LogP contribution < -0.4 is 10.6 Å². The van der Waals surface area contributed by atoms with E-state index in [0.29, 0.717) is 16.8 Å². The summed E-state index contributed by atoms with van der Waals surface area (Å²) in [6.45, 7) is 0. The predicted molar refractivity (Wildman–Crippen MR) is 97.0 cm³/mol. The summed E-state index contributed by atoms with van der Waals surface area (Å²) >= 11 is 0. The summed E-state index contributed by atoms with van der Waals surface area (Å²) in [7, 11) is 1.32. The van der Waals surface area contributed by atoms with Crippen molar-refractivity contribution in [3.05, 3.63) is 65.2 Å². The van der Waals surface area contributed by atoms with Crippen LogP contribution in [0.15, 0.2) is 48.5 Å². The standard InChI is InChI=1S/C20H20N2O4/c1-26-20(25)14-8-6-13(7-9-14)12-18(23)22-17-5-3-2-4-16(17)19(24)21-15-10-11-15/h2-9,15H,10-12H2,1H3,(H,21,24)(H,22,23). The number of hydrogen-bond donors (Lipinski definition) is 2. The second kappa shape index (κ2) is 7.82. The summed E-state index contributed by atoms with van der Waals surface area (Å²) in [5, 5.41) is 5.71. The molecule has 1 fully saturated rings. The molecule has 0 aromatic heterocycles. The minimum absolute atomic E-state index is 0.139. The lowest BCUT2D eigenvalue weighted by Crippen LogP contribution is -2.27. The van der Waals surface area contributed by atoms with E-state index < -0.39 is 5.97 Å². The van der Waals surface area contributed by atoms with E-state index >= 15 is 0 Å². The molecule has 0 heterocycles. The normalized spacial score (nSPS) is 13.0. The van der Waals surface area contributed by atoms with E-state index in [1.54, 1.807) is 48.5 Å². The molecule has 0 atom stereocenters. The van der Waals surface area contributed by atoms with Gasteiger partial charge in [0.1, 0.15) is 0 Å². The van der Waals surface area contributed by atoms with Crippen molar-refractivity contribution in [3.63, 3.8) is 0 Å². The zero-order chi connectivity index (χ0) is 18.5. The largest absolute Gasteiger partial charge is 0.465 e. The number of carbonyl (C=O) groups excluding carboxylic acids is 3. The second-order valence-corrected chi connectivity index (χ2v) is 6.21. The van der Waals surface area contributed by atoms with Crippen molar-refractivity contribution >= 4 is 23.5 Å². The van der Waals surface area contributed by atoms with Gasteiger partial charge >= 0.3 is 5.97 Å². The number of rotatable bonds is 6. The predicted octanol–water partition coefficient (Wildman–Crippen LogP) is 2.55. The number of ether oxygens (including phenoxy) is 1. The minimum Gasteiger partial charge on any atom is -0.465 e. The first-order valence-corrected chi connectivity index (χ1v) is 8.44. The first kappa shape index (κ1) is 17.7. The minimum atomic E-state index is -0.420. The monoisotopic (exact) mass is 352 g/mol. The molecule has 2 aromatic rings. The Kier molecular flexibility index (Phi) is 5.31. The quantitative estimate of drug-likeness (QED) is 0.783. The average molecular weight is 352 g/mol. The Morgan fingerprint density at radius 3 is 2.38 bits per heavy atom. The van der Waals surface area contributed by atoms with E-state index in [2.05, 4.69) is 15.4 Å². The SMILES string of the molecule is COC(=O)c1ccc(CC(=O)Nc2ccccc2C(=O)NC2CC2)cc1. The molecule has 1 aliphatic rings. The van der Waals surface area contributed by atoms with E-state index in [9.17, 15) is 14.4 Å². The van der Waals surface area contributed by atoms with Crippen LogP contribution in [0.1, 0.15) is 39.1 Å². The Balaban J connectivity index is 1.64. The van der Waals surface area contributed by atoms with Gasteiger partial charge in [-0.3, -0.25) is 9.59 Å². The first-order chi connectivity index (χ1) is 12.6. The molecule has 0 saturated heterocycles. The second-order valence-electron chi connectivity index (χ2n) is 6.21. The third-order valence-electron chi connectivity index (χ3n) is 4.10. The molecule has 0 unspecified atom stereocenters. The summed E-state index contributed by atoms with van der Waals surface area (Å²) in [5.74, 6) is -0.829. The van der Waals surface area contributed by atoms with E-state index in [4.69, 9.17) is 0 Å². The highest BCUT2D eigenvalue weighted by atomic mass is 16.5. The third-order valence-corrected chi connectivity index (χ3v) is 4.10. The number of hydrogen-bond acceptors (Lipinski definition) is 4. The molecule has 0 radical (unpaired) electrons. The van der Waals surface area contributed by atoms with Crippen molar-refractivity contribution in [2.75, 3.05) is 12.4 Å². The maximum Gasteiger partial charge on any atom is 0.337 e. The Hall–Kier alpha value is -3.15. The highest BCUT2D eigenvalue weighted by Gasteiger charge is 2.25. The van der Waals surface area contributed by atoms with Crippen LogP contribution in [-0.2, 0) is 16.0 Å². The molecule has 0 bridgehead atoms. The summed E-state index contributed by atoms with van der Waals surface area (Å²) in [4.78, 5) is 36.0. The van der Waals surface area contributed by atoms with Crippen LogP contribution in [0.3, 0.4) is 0 Å². The van der Waals surface area contributed by atoms with Gasteiger partial charge in [0, 0.05) is 6.04 Å². The lowest BCUT2D eigenvalue weighted by Gasteiger charge is -2.11.